The summed E-state index contributed by atoms with van der Waals surface area (Å²) >= 11 is 0. The van der Waals surface area contributed by atoms with Crippen molar-refractivity contribution in [2.24, 2.45) is 17.4 Å². The summed E-state index contributed by atoms with van der Waals surface area (Å²) in [6, 6.07) is 9.77. The molecule has 2 aromatic carbocycles. The number of carbonyl (C=O) groups excluding carboxylic acids is 4. The van der Waals surface area contributed by atoms with Gasteiger partial charge in [0.25, 0.3) is 5.91 Å². The predicted molar refractivity (Wildman–Crippen MR) is 202 cm³/mol. The van der Waals surface area contributed by atoms with E-state index in [2.05, 4.69) is 20.4 Å². The Kier molecular flexibility index (Phi) is 10.3. The van der Waals surface area contributed by atoms with Crippen molar-refractivity contribution in [3.63, 3.8) is 0 Å². The lowest BCUT2D eigenvalue weighted by atomic mass is 9.97. The number of allylic oxidation sites excluding steroid dienone is 2. The summed E-state index contributed by atoms with van der Waals surface area (Å²) in [6.07, 6.45) is 4.10. The number of aryl methyl sites for hydroxylation is 2. The van der Waals surface area contributed by atoms with E-state index in [0.717, 1.165) is 0 Å². The zero-order valence-electron chi connectivity index (χ0n) is 31.0. The second-order valence-corrected chi connectivity index (χ2v) is 14.2. The summed E-state index contributed by atoms with van der Waals surface area (Å²) in [7, 11) is 0. The predicted octanol–water partition coefficient (Wildman–Crippen LogP) is 3.84. The lowest BCUT2D eigenvalue weighted by Crippen LogP contribution is -2.51. The third-order valence-electron chi connectivity index (χ3n) is 8.95. The molecule has 0 unspecified atom stereocenters. The average Bonchev–Trinajstić information content (AvgIpc) is 3.74. The fraction of sp³-hybridized carbons (Fsp3) is 0.378. The van der Waals surface area contributed by atoms with Crippen molar-refractivity contribution in [1.82, 2.24) is 33.8 Å². The molecule has 0 saturated carbocycles. The van der Waals surface area contributed by atoms with Gasteiger partial charge < -0.3 is 40.7 Å². The molecule has 0 bridgehead atoms. The van der Waals surface area contributed by atoms with E-state index in [4.69, 9.17) is 26.7 Å². The van der Waals surface area contributed by atoms with Gasteiger partial charge in [-0.2, -0.15) is 5.10 Å². The van der Waals surface area contributed by atoms with Crippen molar-refractivity contribution < 1.29 is 28.7 Å². The van der Waals surface area contributed by atoms with Crippen LogP contribution in [0.5, 0.6) is 5.75 Å². The highest BCUT2D eigenvalue weighted by Gasteiger charge is 2.33. The van der Waals surface area contributed by atoms with Gasteiger partial charge in [-0.25, -0.2) is 14.8 Å². The maximum absolute atomic E-state index is 13.4. The number of nitrogens with one attached hydrogen (secondary N) is 1. The highest BCUT2D eigenvalue weighted by atomic mass is 16.6. The summed E-state index contributed by atoms with van der Waals surface area (Å²) in [5, 5.41) is 7.27. The first-order chi connectivity index (χ1) is 25.6. The fourth-order valence-corrected chi connectivity index (χ4v) is 6.31. The number of nitrogens with zero attached hydrogens (tertiary/aromatic N) is 7. The topological polar surface area (TPSA) is 234 Å². The largest absolute Gasteiger partial charge is 0.491 e. The Labute approximate surface area is 311 Å². The number of aromatic nitrogens is 6. The third-order valence-corrected chi connectivity index (χ3v) is 8.95. The number of benzene rings is 2. The highest BCUT2D eigenvalue weighted by Crippen LogP contribution is 2.31. The van der Waals surface area contributed by atoms with E-state index in [1.54, 1.807) is 50.5 Å². The van der Waals surface area contributed by atoms with Crippen molar-refractivity contribution in [3.8, 4) is 5.75 Å². The molecule has 5 aromatic rings. The normalized spacial score (nSPS) is 13.5. The smallest absolute Gasteiger partial charge is 0.410 e. The molecule has 0 atom stereocenters. The molecule has 3 aromatic heterocycles. The van der Waals surface area contributed by atoms with Crippen LogP contribution in [-0.4, -0.2) is 82.9 Å². The Hall–Kier alpha value is -6.39. The Morgan fingerprint density at radius 2 is 1.63 bits per heavy atom. The molecule has 1 fully saturated rings. The minimum atomic E-state index is -0.630. The molecule has 4 amide bonds. The Balaban J connectivity index is 1.20. The van der Waals surface area contributed by atoms with Gasteiger partial charge in [-0.05, 0) is 83.4 Å². The number of hydrogen-bond acceptors (Lipinski definition) is 10. The zero-order chi connectivity index (χ0) is 38.9. The van der Waals surface area contributed by atoms with Gasteiger partial charge in [0.2, 0.25) is 23.7 Å². The maximum Gasteiger partial charge on any atom is 0.410 e. The molecule has 17 heteroatoms. The fourth-order valence-electron chi connectivity index (χ4n) is 6.31. The van der Waals surface area contributed by atoms with E-state index in [1.165, 1.54) is 0 Å². The second-order valence-electron chi connectivity index (χ2n) is 14.2. The molecule has 17 nitrogen and oxygen atoms in total. The van der Waals surface area contributed by atoms with Gasteiger partial charge in [0.05, 0.1) is 28.9 Å². The lowest BCUT2D eigenvalue weighted by Gasteiger charge is -2.39. The van der Waals surface area contributed by atoms with Crippen LogP contribution in [-0.2, 0) is 24.4 Å². The molecule has 0 spiro atoms. The first kappa shape index (κ1) is 37.4. The van der Waals surface area contributed by atoms with E-state index in [1.807, 2.05) is 51.3 Å². The van der Waals surface area contributed by atoms with E-state index in [0.29, 0.717) is 71.9 Å². The van der Waals surface area contributed by atoms with Crippen LogP contribution >= 0.6 is 0 Å². The third kappa shape index (κ3) is 7.99. The van der Waals surface area contributed by atoms with E-state index in [9.17, 15) is 19.2 Å². The molecular weight excluding hydrogens is 694 g/mol. The van der Waals surface area contributed by atoms with Crippen LogP contribution in [0.2, 0.25) is 0 Å². The standard InChI is InChI=1S/C37H45N11O6/c1-6-48-28(15-21(2)44-48)33(51)43-35-42-25-16-23(31(38)49)9-10-27(25)46(35)12-7-8-13-47-30-26(41-34(47)40)17-24(32(39)50)18-29(30)53-14-11-22-19-45(20-22)36(52)54-37(3,4)5/h7-10,15-18,22H,6,11-14,19-20H2,1-5H3,(H2,38,49)(H2,39,50)(H2,40,41)(H,42,43,51)/b8-7+. The van der Waals surface area contributed by atoms with Gasteiger partial charge in [-0.1, -0.05) is 12.2 Å². The molecule has 7 N–H and O–H groups in total. The second kappa shape index (κ2) is 14.9. The number of nitrogen functional groups attached to an aromatic ring is 1. The molecule has 1 aliphatic rings. The van der Waals surface area contributed by atoms with Crippen LogP contribution in [0.3, 0.4) is 0 Å². The van der Waals surface area contributed by atoms with Crippen molar-refractivity contribution in [3.05, 3.63) is 71.1 Å². The number of hydrogen-bond donors (Lipinski definition) is 4. The molecular formula is C37H45N11O6. The Morgan fingerprint density at radius 3 is 2.30 bits per heavy atom. The van der Waals surface area contributed by atoms with Gasteiger partial charge in [-0.3, -0.25) is 24.4 Å². The maximum atomic E-state index is 13.4. The monoisotopic (exact) mass is 739 g/mol. The van der Waals surface area contributed by atoms with Crippen molar-refractivity contribution >= 4 is 57.8 Å². The summed E-state index contributed by atoms with van der Waals surface area (Å²) in [4.78, 5) is 60.6. The van der Waals surface area contributed by atoms with Gasteiger partial charge >= 0.3 is 6.09 Å². The quantitative estimate of drug-likeness (QED) is 0.127. The summed E-state index contributed by atoms with van der Waals surface area (Å²) in [6.45, 7) is 11.8. The minimum absolute atomic E-state index is 0.205. The first-order valence-electron chi connectivity index (χ1n) is 17.6. The number of ether oxygens (including phenoxy) is 2. The lowest BCUT2D eigenvalue weighted by molar-refractivity contribution is -0.00383. The number of rotatable bonds is 13. The highest BCUT2D eigenvalue weighted by molar-refractivity contribution is 6.03. The van der Waals surface area contributed by atoms with E-state index < -0.39 is 17.4 Å². The molecule has 54 heavy (non-hydrogen) atoms. The molecule has 284 valence electrons. The summed E-state index contributed by atoms with van der Waals surface area (Å²) in [5.41, 5.74) is 20.8. The van der Waals surface area contributed by atoms with Crippen LogP contribution in [0.15, 0.2) is 48.6 Å². The summed E-state index contributed by atoms with van der Waals surface area (Å²) < 4.78 is 16.9. The number of nitrogens with two attached hydrogens (primary N) is 3. The molecule has 1 aliphatic heterocycles. The number of primary amides is 2. The number of anilines is 2. The number of imidazole rings is 2. The summed E-state index contributed by atoms with van der Waals surface area (Å²) in [5.74, 6) is -0.495. The Morgan fingerprint density at radius 1 is 0.944 bits per heavy atom. The van der Waals surface area contributed by atoms with Crippen LogP contribution in [0, 0.1) is 12.8 Å². The number of fused-ring (bicyclic) bond motifs is 2. The van der Waals surface area contributed by atoms with Gasteiger partial charge in [0.1, 0.15) is 22.6 Å². The van der Waals surface area contributed by atoms with Crippen LogP contribution in [0.4, 0.5) is 16.7 Å². The van der Waals surface area contributed by atoms with Crippen LogP contribution in [0.1, 0.15) is 71.0 Å². The van der Waals surface area contributed by atoms with E-state index in [-0.39, 0.29) is 54.0 Å². The van der Waals surface area contributed by atoms with Gasteiger partial charge in [0.15, 0.2) is 0 Å². The SMILES string of the molecule is CCn1nc(C)cc1C(=O)Nc1nc2cc(C(N)=O)ccc2n1C/C=C/Cn1c(N)nc2cc(C(N)=O)cc(OCCC3CN(C(=O)OC(C)(C)C)C3)c21. The molecule has 1 saturated heterocycles. The molecule has 0 radical (unpaired) electrons. The van der Waals surface area contributed by atoms with Crippen LogP contribution in [0.25, 0.3) is 22.1 Å². The van der Waals surface area contributed by atoms with Crippen LogP contribution < -0.4 is 27.3 Å². The molecule has 6 rings (SSSR count). The molecule has 4 heterocycles. The van der Waals surface area contributed by atoms with Gasteiger partial charge in [0, 0.05) is 43.9 Å². The average molecular weight is 740 g/mol. The van der Waals surface area contributed by atoms with Crippen molar-refractivity contribution in [2.45, 2.75) is 66.3 Å². The zero-order valence-corrected chi connectivity index (χ0v) is 31.0. The number of likely N-dealkylation sites (tertiary alicyclic amines) is 1. The van der Waals surface area contributed by atoms with Crippen molar-refractivity contribution in [1.29, 1.82) is 0 Å². The number of amides is 4. The first-order valence-corrected chi connectivity index (χ1v) is 17.6. The number of carbonyl (C=O) groups is 4. The molecule has 0 aliphatic carbocycles. The van der Waals surface area contributed by atoms with Gasteiger partial charge in [-0.15, -0.1) is 0 Å². The Bertz CT molecular complexity index is 2290. The minimum Gasteiger partial charge on any atom is -0.491 e. The van der Waals surface area contributed by atoms with Crippen molar-refractivity contribution in [2.75, 3.05) is 30.7 Å². The van der Waals surface area contributed by atoms with E-state index >= 15 is 0 Å².